The van der Waals surface area contributed by atoms with Gasteiger partial charge in [0.25, 0.3) is 0 Å². The van der Waals surface area contributed by atoms with Gasteiger partial charge in [-0.1, -0.05) is 31.2 Å². The van der Waals surface area contributed by atoms with Crippen LogP contribution in [0.5, 0.6) is 0 Å². The van der Waals surface area contributed by atoms with Gasteiger partial charge in [0, 0.05) is 6.54 Å². The number of hydrogen-bond donors (Lipinski definition) is 1. The Morgan fingerprint density at radius 2 is 2.24 bits per heavy atom. The molecule has 0 saturated heterocycles. The summed E-state index contributed by atoms with van der Waals surface area (Å²) in [4.78, 5) is 0. The molecule has 0 spiro atoms. The molecule has 0 heterocycles. The zero-order valence-electron chi connectivity index (χ0n) is 10.9. The third-order valence-electron chi connectivity index (χ3n) is 3.27. The van der Waals surface area contributed by atoms with Gasteiger partial charge in [-0.05, 0) is 54.4 Å². The van der Waals surface area contributed by atoms with E-state index in [0.717, 1.165) is 24.9 Å². The second-order valence-electron chi connectivity index (χ2n) is 5.21. The van der Waals surface area contributed by atoms with Gasteiger partial charge in [-0.15, -0.1) is 0 Å². The maximum atomic E-state index is 3.56. The number of hydrogen-bond acceptors (Lipinski definition) is 2. The molecule has 1 N–H and O–H groups in total. The first kappa shape index (κ1) is 13.0. The van der Waals surface area contributed by atoms with Gasteiger partial charge in [-0.2, -0.15) is 11.8 Å². The Balaban J connectivity index is 1.76. The van der Waals surface area contributed by atoms with Crippen LogP contribution in [0, 0.1) is 5.92 Å². The highest BCUT2D eigenvalue weighted by atomic mass is 32.2. The fourth-order valence-electron chi connectivity index (χ4n) is 2.18. The highest BCUT2D eigenvalue weighted by molar-refractivity contribution is 7.98. The first-order chi connectivity index (χ1) is 8.29. The zero-order chi connectivity index (χ0) is 12.1. The maximum Gasteiger partial charge on any atom is 0.0205 e. The van der Waals surface area contributed by atoms with E-state index < -0.39 is 0 Å². The fraction of sp³-hybridized carbons (Fsp3) is 0.600. The summed E-state index contributed by atoms with van der Waals surface area (Å²) in [5.41, 5.74) is 2.98. The molecule has 0 aromatic heterocycles. The molecular formula is C15H23NS. The lowest BCUT2D eigenvalue weighted by Crippen LogP contribution is -2.22. The summed E-state index contributed by atoms with van der Waals surface area (Å²) in [7, 11) is 0. The smallest absolute Gasteiger partial charge is 0.0205 e. The van der Waals surface area contributed by atoms with Gasteiger partial charge in [0.1, 0.15) is 0 Å². The molecule has 1 unspecified atom stereocenters. The van der Waals surface area contributed by atoms with Crippen molar-refractivity contribution in [2.45, 2.75) is 32.2 Å². The van der Waals surface area contributed by atoms with Crippen LogP contribution in [0.4, 0.5) is 0 Å². The van der Waals surface area contributed by atoms with E-state index in [9.17, 15) is 0 Å². The van der Waals surface area contributed by atoms with E-state index in [-0.39, 0.29) is 0 Å². The monoisotopic (exact) mass is 249 g/mol. The summed E-state index contributed by atoms with van der Waals surface area (Å²) < 4.78 is 0. The van der Waals surface area contributed by atoms with Crippen molar-refractivity contribution in [3.8, 4) is 0 Å². The number of thioether (sulfide) groups is 1. The van der Waals surface area contributed by atoms with Gasteiger partial charge in [0.05, 0.1) is 0 Å². The highest BCUT2D eigenvalue weighted by Crippen LogP contribution is 2.40. The van der Waals surface area contributed by atoms with Crippen LogP contribution in [-0.4, -0.2) is 18.6 Å². The second-order valence-corrected chi connectivity index (χ2v) is 6.12. The van der Waals surface area contributed by atoms with Crippen molar-refractivity contribution in [1.82, 2.24) is 5.32 Å². The summed E-state index contributed by atoms with van der Waals surface area (Å²) in [6.45, 7) is 4.44. The third kappa shape index (κ3) is 4.36. The predicted octanol–water partition coefficient (Wildman–Crippen LogP) is 3.65. The van der Waals surface area contributed by atoms with Crippen molar-refractivity contribution in [1.29, 1.82) is 0 Å². The van der Waals surface area contributed by atoms with Crippen LogP contribution in [0.25, 0.3) is 0 Å². The Hall–Kier alpha value is -0.470. The van der Waals surface area contributed by atoms with Crippen LogP contribution >= 0.6 is 11.8 Å². The molecule has 1 saturated carbocycles. The molecule has 1 nitrogen and oxygen atoms in total. The van der Waals surface area contributed by atoms with E-state index >= 15 is 0 Å². The van der Waals surface area contributed by atoms with Crippen LogP contribution in [0.2, 0.25) is 0 Å². The minimum absolute atomic E-state index is 0.761. The Bertz CT molecular complexity index is 347. The maximum absolute atomic E-state index is 3.56. The lowest BCUT2D eigenvalue weighted by atomic mass is 10.1. The van der Waals surface area contributed by atoms with Crippen LogP contribution < -0.4 is 5.32 Å². The minimum Gasteiger partial charge on any atom is -0.312 e. The summed E-state index contributed by atoms with van der Waals surface area (Å²) in [6.07, 6.45) is 4.96. The third-order valence-corrected chi connectivity index (χ3v) is 4.18. The Labute approximate surface area is 109 Å². The molecule has 94 valence electrons. The fourth-order valence-corrected chi connectivity index (χ4v) is 2.87. The van der Waals surface area contributed by atoms with E-state index in [1.54, 1.807) is 5.56 Å². The molecule has 1 aliphatic rings. The SMILES string of the molecule is CSCC(C)CNCc1cccc(C2CC2)c1. The van der Waals surface area contributed by atoms with E-state index in [0.29, 0.717) is 0 Å². The van der Waals surface area contributed by atoms with E-state index in [1.807, 2.05) is 11.8 Å². The van der Waals surface area contributed by atoms with Gasteiger partial charge in [0.2, 0.25) is 0 Å². The van der Waals surface area contributed by atoms with Gasteiger partial charge in [-0.25, -0.2) is 0 Å². The van der Waals surface area contributed by atoms with Crippen molar-refractivity contribution < 1.29 is 0 Å². The number of benzene rings is 1. The highest BCUT2D eigenvalue weighted by Gasteiger charge is 2.23. The molecule has 0 amide bonds. The average Bonchev–Trinajstić information content (AvgIpc) is 3.14. The molecule has 0 radical (unpaired) electrons. The molecular weight excluding hydrogens is 226 g/mol. The first-order valence-corrected chi connectivity index (χ1v) is 7.97. The van der Waals surface area contributed by atoms with Crippen molar-refractivity contribution >= 4 is 11.8 Å². The van der Waals surface area contributed by atoms with E-state index in [1.165, 1.54) is 24.2 Å². The zero-order valence-corrected chi connectivity index (χ0v) is 11.7. The van der Waals surface area contributed by atoms with E-state index in [4.69, 9.17) is 0 Å². The normalized spacial score (nSPS) is 17.1. The Morgan fingerprint density at radius 3 is 2.94 bits per heavy atom. The van der Waals surface area contributed by atoms with Crippen LogP contribution in [0.3, 0.4) is 0 Å². The first-order valence-electron chi connectivity index (χ1n) is 6.58. The quantitative estimate of drug-likeness (QED) is 0.791. The summed E-state index contributed by atoms with van der Waals surface area (Å²) in [5, 5.41) is 3.56. The molecule has 0 bridgehead atoms. The van der Waals surface area contributed by atoms with Gasteiger partial charge in [-0.3, -0.25) is 0 Å². The minimum atomic E-state index is 0.761. The van der Waals surface area contributed by atoms with Crippen LogP contribution in [-0.2, 0) is 6.54 Å². The molecule has 1 aromatic rings. The summed E-state index contributed by atoms with van der Waals surface area (Å²) >= 11 is 1.93. The molecule has 1 aromatic carbocycles. The molecule has 1 fully saturated rings. The lowest BCUT2D eigenvalue weighted by Gasteiger charge is -2.11. The standard InChI is InChI=1S/C15H23NS/c1-12(11-17-2)9-16-10-13-4-3-5-15(8-13)14-6-7-14/h3-5,8,12,14,16H,6-7,9-11H2,1-2H3. The van der Waals surface area contributed by atoms with Gasteiger partial charge in [0.15, 0.2) is 0 Å². The van der Waals surface area contributed by atoms with Crippen molar-refractivity contribution in [2.75, 3.05) is 18.6 Å². The van der Waals surface area contributed by atoms with Gasteiger partial charge < -0.3 is 5.32 Å². The van der Waals surface area contributed by atoms with Crippen molar-refractivity contribution in [3.05, 3.63) is 35.4 Å². The molecule has 0 aliphatic heterocycles. The van der Waals surface area contributed by atoms with Crippen molar-refractivity contribution in [3.63, 3.8) is 0 Å². The largest absolute Gasteiger partial charge is 0.312 e. The predicted molar refractivity (Wildman–Crippen MR) is 77.7 cm³/mol. The Kier molecular flexibility index (Phi) is 4.93. The van der Waals surface area contributed by atoms with E-state index in [2.05, 4.69) is 42.8 Å². The molecule has 2 heteroatoms. The molecule has 1 atom stereocenters. The van der Waals surface area contributed by atoms with Crippen LogP contribution in [0.1, 0.15) is 36.8 Å². The Morgan fingerprint density at radius 1 is 1.41 bits per heavy atom. The summed E-state index contributed by atoms with van der Waals surface area (Å²) in [6, 6.07) is 9.09. The van der Waals surface area contributed by atoms with Crippen LogP contribution in [0.15, 0.2) is 24.3 Å². The lowest BCUT2D eigenvalue weighted by molar-refractivity contribution is 0.559. The molecule has 2 rings (SSSR count). The number of rotatable bonds is 7. The average molecular weight is 249 g/mol. The summed E-state index contributed by atoms with van der Waals surface area (Å²) in [5.74, 6) is 2.87. The topological polar surface area (TPSA) is 12.0 Å². The second kappa shape index (κ2) is 6.46. The molecule has 17 heavy (non-hydrogen) atoms. The molecule has 1 aliphatic carbocycles. The van der Waals surface area contributed by atoms with Crippen molar-refractivity contribution in [2.24, 2.45) is 5.92 Å². The van der Waals surface area contributed by atoms with Gasteiger partial charge >= 0.3 is 0 Å². The number of nitrogens with one attached hydrogen (secondary N) is 1.